The van der Waals surface area contributed by atoms with Gasteiger partial charge in [-0.15, -0.1) is 17.5 Å². The molecule has 0 radical (unpaired) electrons. The van der Waals surface area contributed by atoms with Crippen LogP contribution < -0.4 is 5.32 Å². The molecule has 2 unspecified atom stereocenters. The molecule has 120 valence electrons. The molecule has 2 heterocycles. The second-order valence-electron chi connectivity index (χ2n) is 6.23. The minimum Gasteiger partial charge on any atom is -0.334 e. The molecule has 1 saturated heterocycles. The van der Waals surface area contributed by atoms with Gasteiger partial charge in [0.1, 0.15) is 0 Å². The zero-order valence-electron chi connectivity index (χ0n) is 13.2. The third kappa shape index (κ3) is 4.97. The molecular weight excluding hydrogens is 290 g/mol. The Morgan fingerprint density at radius 1 is 1.38 bits per heavy atom. The summed E-state index contributed by atoms with van der Waals surface area (Å²) in [5.74, 6) is 0.606. The van der Waals surface area contributed by atoms with Crippen molar-refractivity contribution in [2.75, 3.05) is 13.1 Å². The number of carbonyl (C=O) groups excluding carboxylic acids is 1. The molecule has 0 spiro atoms. The number of piperazine rings is 1. The summed E-state index contributed by atoms with van der Waals surface area (Å²) in [7, 11) is 0. The van der Waals surface area contributed by atoms with Gasteiger partial charge in [-0.05, 0) is 26.2 Å². The topological polar surface area (TPSA) is 63.1 Å². The average molecular weight is 316 g/mol. The summed E-state index contributed by atoms with van der Waals surface area (Å²) < 4.78 is 1.77. The monoisotopic (exact) mass is 315 g/mol. The molecule has 1 aliphatic heterocycles. The summed E-state index contributed by atoms with van der Waals surface area (Å²) in [6.45, 7) is 10.8. The van der Waals surface area contributed by atoms with Crippen LogP contribution in [0.1, 0.15) is 44.6 Å². The second-order valence-corrected chi connectivity index (χ2v) is 6.23. The fourth-order valence-corrected chi connectivity index (χ4v) is 2.55. The van der Waals surface area contributed by atoms with E-state index in [1.54, 1.807) is 10.9 Å². The first-order valence-corrected chi connectivity index (χ1v) is 7.41. The Kier molecular flexibility index (Phi) is 6.61. The molecule has 1 fully saturated rings. The summed E-state index contributed by atoms with van der Waals surface area (Å²) in [4.78, 5) is 14.3. The largest absolute Gasteiger partial charge is 0.334 e. The van der Waals surface area contributed by atoms with Gasteiger partial charge in [-0.3, -0.25) is 9.48 Å². The highest BCUT2D eigenvalue weighted by Crippen LogP contribution is 2.09. The number of halogens is 1. The summed E-state index contributed by atoms with van der Waals surface area (Å²) in [6.07, 6.45) is 2.81. The van der Waals surface area contributed by atoms with Crippen molar-refractivity contribution in [1.82, 2.24) is 25.2 Å². The van der Waals surface area contributed by atoms with Gasteiger partial charge in [0.15, 0.2) is 5.69 Å². The molecule has 6 nitrogen and oxygen atoms in total. The third-order valence-corrected chi connectivity index (χ3v) is 3.54. The zero-order valence-corrected chi connectivity index (χ0v) is 14.1. The van der Waals surface area contributed by atoms with Gasteiger partial charge >= 0.3 is 0 Å². The van der Waals surface area contributed by atoms with Crippen LogP contribution in [0.25, 0.3) is 0 Å². The van der Waals surface area contributed by atoms with Crippen LogP contribution in [0.4, 0.5) is 0 Å². The van der Waals surface area contributed by atoms with Gasteiger partial charge in [-0.1, -0.05) is 19.1 Å². The van der Waals surface area contributed by atoms with Gasteiger partial charge in [-0.2, -0.15) is 0 Å². The fourth-order valence-electron chi connectivity index (χ4n) is 2.55. The van der Waals surface area contributed by atoms with Crippen LogP contribution in [-0.4, -0.2) is 51.0 Å². The first-order chi connectivity index (χ1) is 9.45. The average Bonchev–Trinajstić information content (AvgIpc) is 2.83. The number of aromatic nitrogens is 3. The summed E-state index contributed by atoms with van der Waals surface area (Å²) in [5.41, 5.74) is 0.454. The Morgan fingerprint density at radius 2 is 2.00 bits per heavy atom. The van der Waals surface area contributed by atoms with E-state index in [9.17, 15) is 4.79 Å². The van der Waals surface area contributed by atoms with Crippen molar-refractivity contribution < 1.29 is 4.79 Å². The van der Waals surface area contributed by atoms with Crippen molar-refractivity contribution in [3.63, 3.8) is 0 Å². The van der Waals surface area contributed by atoms with Gasteiger partial charge in [-0.25, -0.2) is 0 Å². The van der Waals surface area contributed by atoms with E-state index in [0.717, 1.165) is 26.1 Å². The lowest BCUT2D eigenvalue weighted by Crippen LogP contribution is -2.55. The fraction of sp³-hybridized carbons (Fsp3) is 0.786. The van der Waals surface area contributed by atoms with Gasteiger partial charge in [0, 0.05) is 31.7 Å². The lowest BCUT2D eigenvalue weighted by molar-refractivity contribution is 0.0667. The Labute approximate surface area is 132 Å². The van der Waals surface area contributed by atoms with Crippen molar-refractivity contribution in [3.8, 4) is 0 Å². The van der Waals surface area contributed by atoms with Crippen molar-refractivity contribution in [2.45, 2.75) is 52.7 Å². The van der Waals surface area contributed by atoms with Crippen LogP contribution in [-0.2, 0) is 6.54 Å². The maximum Gasteiger partial charge on any atom is 0.276 e. The SMILES string of the molecule is CC(C)CCn1cc(C(=O)N2CC(C)NC(C)C2)nn1.Cl. The summed E-state index contributed by atoms with van der Waals surface area (Å²) in [6, 6.07) is 0.636. The van der Waals surface area contributed by atoms with Crippen molar-refractivity contribution >= 4 is 18.3 Å². The van der Waals surface area contributed by atoms with Crippen molar-refractivity contribution in [1.29, 1.82) is 0 Å². The smallest absolute Gasteiger partial charge is 0.276 e. The van der Waals surface area contributed by atoms with Gasteiger partial charge < -0.3 is 10.2 Å². The Bertz CT molecular complexity index is 452. The minimum absolute atomic E-state index is 0. The number of nitrogens with one attached hydrogen (secondary N) is 1. The highest BCUT2D eigenvalue weighted by Gasteiger charge is 2.27. The van der Waals surface area contributed by atoms with E-state index in [1.807, 2.05) is 4.90 Å². The van der Waals surface area contributed by atoms with Crippen LogP contribution in [0, 0.1) is 5.92 Å². The lowest BCUT2D eigenvalue weighted by Gasteiger charge is -2.35. The number of carbonyl (C=O) groups is 1. The maximum atomic E-state index is 12.4. The van der Waals surface area contributed by atoms with E-state index in [1.165, 1.54) is 0 Å². The Balaban J connectivity index is 0.00000220. The van der Waals surface area contributed by atoms with E-state index >= 15 is 0 Å². The molecule has 0 aliphatic carbocycles. The summed E-state index contributed by atoms with van der Waals surface area (Å²) in [5, 5.41) is 11.5. The van der Waals surface area contributed by atoms with Crippen molar-refractivity contribution in [2.24, 2.45) is 5.92 Å². The lowest BCUT2D eigenvalue weighted by atomic mass is 10.1. The van der Waals surface area contributed by atoms with Crippen molar-refractivity contribution in [3.05, 3.63) is 11.9 Å². The van der Waals surface area contributed by atoms with Crippen LogP contribution in [0.3, 0.4) is 0 Å². The van der Waals surface area contributed by atoms with E-state index in [0.29, 0.717) is 23.7 Å². The molecule has 1 amide bonds. The maximum absolute atomic E-state index is 12.4. The molecule has 21 heavy (non-hydrogen) atoms. The molecule has 2 rings (SSSR count). The van der Waals surface area contributed by atoms with Crippen LogP contribution in [0.15, 0.2) is 6.20 Å². The van der Waals surface area contributed by atoms with Crippen LogP contribution >= 0.6 is 12.4 Å². The Morgan fingerprint density at radius 3 is 2.57 bits per heavy atom. The molecule has 0 saturated carbocycles. The molecular formula is C14H26ClN5O. The van der Waals surface area contributed by atoms with E-state index in [2.05, 4.69) is 43.3 Å². The van der Waals surface area contributed by atoms with Crippen LogP contribution in [0.2, 0.25) is 0 Å². The first kappa shape index (κ1) is 17.9. The third-order valence-electron chi connectivity index (χ3n) is 3.54. The number of aryl methyl sites for hydroxylation is 1. The number of nitrogens with zero attached hydrogens (tertiary/aromatic N) is 4. The molecule has 7 heteroatoms. The van der Waals surface area contributed by atoms with E-state index in [4.69, 9.17) is 0 Å². The molecule has 1 N–H and O–H groups in total. The minimum atomic E-state index is -0.0130. The molecule has 0 bridgehead atoms. The molecule has 1 aromatic rings. The van der Waals surface area contributed by atoms with E-state index < -0.39 is 0 Å². The number of hydrogen-bond donors (Lipinski definition) is 1. The van der Waals surface area contributed by atoms with Gasteiger partial charge in [0.25, 0.3) is 5.91 Å². The Hall–Kier alpha value is -1.14. The molecule has 2 atom stereocenters. The summed E-state index contributed by atoms with van der Waals surface area (Å²) >= 11 is 0. The molecule has 0 aromatic carbocycles. The predicted molar refractivity (Wildman–Crippen MR) is 84.7 cm³/mol. The highest BCUT2D eigenvalue weighted by molar-refractivity contribution is 5.92. The van der Waals surface area contributed by atoms with Gasteiger partial charge in [0.05, 0.1) is 6.20 Å². The highest BCUT2D eigenvalue weighted by atomic mass is 35.5. The quantitative estimate of drug-likeness (QED) is 0.916. The number of rotatable bonds is 4. The molecule has 1 aromatic heterocycles. The van der Waals surface area contributed by atoms with Gasteiger partial charge in [0.2, 0.25) is 0 Å². The first-order valence-electron chi connectivity index (χ1n) is 7.41. The normalized spacial score (nSPS) is 22.2. The predicted octanol–water partition coefficient (Wildman–Crippen LogP) is 1.57. The van der Waals surface area contributed by atoms with E-state index in [-0.39, 0.29) is 18.3 Å². The zero-order chi connectivity index (χ0) is 14.7. The number of hydrogen-bond acceptors (Lipinski definition) is 4. The standard InChI is InChI=1S/C14H25N5O.ClH/c1-10(2)5-6-19-9-13(16-17-19)14(20)18-7-11(3)15-12(4)8-18;/h9-12,15H,5-8H2,1-4H3;1H. The number of amides is 1. The van der Waals surface area contributed by atoms with Crippen LogP contribution in [0.5, 0.6) is 0 Å². The second kappa shape index (κ2) is 7.75. The molecule has 1 aliphatic rings.